The third-order valence-corrected chi connectivity index (χ3v) is 3.30. The van der Waals surface area contributed by atoms with Crippen molar-refractivity contribution in [3.63, 3.8) is 0 Å². The fourth-order valence-electron chi connectivity index (χ4n) is 1.27. The third kappa shape index (κ3) is 4.88. The molecule has 82 valence electrons. The molecule has 0 amide bonds. The highest BCUT2D eigenvalue weighted by atomic mass is 32.2. The Morgan fingerprint density at radius 3 is 3.00 bits per heavy atom. The fourth-order valence-corrected chi connectivity index (χ4v) is 2.22. The molecule has 2 nitrogen and oxygen atoms in total. The van der Waals surface area contributed by atoms with Gasteiger partial charge in [0.25, 0.3) is 0 Å². The minimum Gasteiger partial charge on any atom is -0.397 e. The summed E-state index contributed by atoms with van der Waals surface area (Å²) in [5.41, 5.74) is 6.57. The number of unbranched alkanes of at least 4 members (excludes halogenated alkanes) is 3. The van der Waals surface area contributed by atoms with Crippen molar-refractivity contribution in [1.29, 1.82) is 0 Å². The van der Waals surface area contributed by atoms with Gasteiger partial charge in [-0.25, -0.2) is 0 Å². The molecule has 1 aromatic heterocycles. The molecular weight excluding hydrogens is 204 g/mol. The van der Waals surface area contributed by atoms with Crippen LogP contribution in [-0.2, 0) is 0 Å². The Hall–Kier alpha value is -0.960. The van der Waals surface area contributed by atoms with Gasteiger partial charge >= 0.3 is 0 Å². The summed E-state index contributed by atoms with van der Waals surface area (Å²) in [4.78, 5) is 5.11. The van der Waals surface area contributed by atoms with Crippen molar-refractivity contribution in [2.75, 3.05) is 11.5 Å². The first-order valence-corrected chi connectivity index (χ1v) is 6.26. The predicted molar refractivity (Wildman–Crippen MR) is 68.0 cm³/mol. The van der Waals surface area contributed by atoms with Crippen LogP contribution in [0.1, 0.15) is 25.7 Å². The van der Waals surface area contributed by atoms with Crippen LogP contribution in [0.5, 0.6) is 0 Å². The minimum absolute atomic E-state index is 0.786. The molecule has 0 aliphatic heterocycles. The van der Waals surface area contributed by atoms with Crippen molar-refractivity contribution in [3.8, 4) is 0 Å². The topological polar surface area (TPSA) is 38.9 Å². The number of nitrogen functional groups attached to an aromatic ring is 1. The number of hydrogen-bond acceptors (Lipinski definition) is 3. The SMILES string of the molecule is C=CCCCCCSc1ccncc1N. The molecule has 3 heteroatoms. The summed E-state index contributed by atoms with van der Waals surface area (Å²) in [5, 5.41) is 0. The largest absolute Gasteiger partial charge is 0.397 e. The van der Waals surface area contributed by atoms with Crippen LogP contribution >= 0.6 is 11.8 Å². The van der Waals surface area contributed by atoms with Gasteiger partial charge in [0, 0.05) is 11.1 Å². The zero-order valence-electron chi connectivity index (χ0n) is 8.98. The summed E-state index contributed by atoms with van der Waals surface area (Å²) in [5.74, 6) is 1.13. The van der Waals surface area contributed by atoms with Crippen LogP contribution in [0, 0.1) is 0 Å². The van der Waals surface area contributed by atoms with Crippen LogP contribution in [0.3, 0.4) is 0 Å². The number of nitrogens with two attached hydrogens (primary N) is 1. The molecular formula is C12H18N2S. The summed E-state index contributed by atoms with van der Waals surface area (Å²) >= 11 is 1.81. The number of hydrogen-bond donors (Lipinski definition) is 1. The van der Waals surface area contributed by atoms with Crippen molar-refractivity contribution < 1.29 is 0 Å². The van der Waals surface area contributed by atoms with E-state index in [1.807, 2.05) is 23.9 Å². The number of allylic oxidation sites excluding steroid dienone is 1. The van der Waals surface area contributed by atoms with Crippen LogP contribution < -0.4 is 5.73 Å². The molecule has 15 heavy (non-hydrogen) atoms. The zero-order chi connectivity index (χ0) is 10.9. The van der Waals surface area contributed by atoms with Crippen LogP contribution in [0.4, 0.5) is 5.69 Å². The second-order valence-electron chi connectivity index (χ2n) is 3.40. The predicted octanol–water partition coefficient (Wildman–Crippen LogP) is 3.50. The first-order valence-electron chi connectivity index (χ1n) is 5.28. The maximum absolute atomic E-state index is 5.79. The Morgan fingerprint density at radius 2 is 2.27 bits per heavy atom. The molecule has 1 aromatic rings. The summed E-state index contributed by atoms with van der Waals surface area (Å²) in [7, 11) is 0. The van der Waals surface area contributed by atoms with E-state index in [1.165, 1.54) is 19.3 Å². The molecule has 0 aromatic carbocycles. The van der Waals surface area contributed by atoms with E-state index >= 15 is 0 Å². The van der Waals surface area contributed by atoms with Gasteiger partial charge in [-0.1, -0.05) is 12.5 Å². The zero-order valence-corrected chi connectivity index (χ0v) is 9.80. The quantitative estimate of drug-likeness (QED) is 0.436. The van der Waals surface area contributed by atoms with E-state index in [9.17, 15) is 0 Å². The van der Waals surface area contributed by atoms with Gasteiger partial charge in [0.05, 0.1) is 11.9 Å². The molecule has 0 fully saturated rings. The maximum atomic E-state index is 5.79. The smallest absolute Gasteiger partial charge is 0.0638 e. The van der Waals surface area contributed by atoms with Crippen molar-refractivity contribution >= 4 is 17.4 Å². The lowest BCUT2D eigenvalue weighted by molar-refractivity contribution is 0.735. The first kappa shape index (κ1) is 12.1. The van der Waals surface area contributed by atoms with Crippen molar-refractivity contribution in [2.45, 2.75) is 30.6 Å². The molecule has 0 atom stereocenters. The molecule has 0 aliphatic carbocycles. The summed E-state index contributed by atoms with van der Waals surface area (Å²) in [6, 6.07) is 1.98. The van der Waals surface area contributed by atoms with Crippen LogP contribution in [-0.4, -0.2) is 10.7 Å². The highest BCUT2D eigenvalue weighted by Crippen LogP contribution is 2.24. The molecule has 0 spiro atoms. The molecule has 0 unspecified atom stereocenters. The number of aromatic nitrogens is 1. The van der Waals surface area contributed by atoms with Gasteiger partial charge in [-0.15, -0.1) is 18.3 Å². The van der Waals surface area contributed by atoms with Gasteiger partial charge in [-0.2, -0.15) is 0 Å². The first-order chi connectivity index (χ1) is 7.34. The maximum Gasteiger partial charge on any atom is 0.0638 e. The molecule has 0 saturated carbocycles. The van der Waals surface area contributed by atoms with Crippen molar-refractivity contribution in [1.82, 2.24) is 4.98 Å². The Kier molecular flexibility index (Phi) is 5.93. The molecule has 1 rings (SSSR count). The second-order valence-corrected chi connectivity index (χ2v) is 4.54. The minimum atomic E-state index is 0.786. The fraction of sp³-hybridized carbons (Fsp3) is 0.417. The van der Waals surface area contributed by atoms with Crippen molar-refractivity contribution in [2.24, 2.45) is 0 Å². The Labute approximate surface area is 96.0 Å². The highest BCUT2D eigenvalue weighted by molar-refractivity contribution is 7.99. The molecule has 2 N–H and O–H groups in total. The van der Waals surface area contributed by atoms with E-state index in [0.29, 0.717) is 0 Å². The monoisotopic (exact) mass is 222 g/mol. The lowest BCUT2D eigenvalue weighted by Gasteiger charge is -2.03. The standard InChI is InChI=1S/C12H18N2S/c1-2-3-4-5-6-9-15-12-7-8-14-10-11(12)13/h2,7-8,10H,1,3-6,9,13H2. The van der Waals surface area contributed by atoms with Gasteiger partial charge in [-0.05, 0) is 31.1 Å². The average Bonchev–Trinajstić information content (AvgIpc) is 2.25. The Bertz CT molecular complexity index is 299. The number of thioether (sulfide) groups is 1. The lowest BCUT2D eigenvalue weighted by Crippen LogP contribution is -1.90. The van der Waals surface area contributed by atoms with E-state index in [1.54, 1.807) is 12.4 Å². The summed E-state index contributed by atoms with van der Waals surface area (Å²) in [6.07, 6.45) is 10.4. The van der Waals surface area contributed by atoms with E-state index in [-0.39, 0.29) is 0 Å². The van der Waals surface area contributed by atoms with Crippen LogP contribution in [0.15, 0.2) is 36.0 Å². The Balaban J connectivity index is 2.15. The summed E-state index contributed by atoms with van der Waals surface area (Å²) in [6.45, 7) is 3.71. The van der Waals surface area contributed by atoms with Gasteiger partial charge in [-0.3, -0.25) is 4.98 Å². The molecule has 0 radical (unpaired) electrons. The number of nitrogens with zero attached hydrogens (tertiary/aromatic N) is 1. The van der Waals surface area contributed by atoms with E-state index in [2.05, 4.69) is 11.6 Å². The lowest BCUT2D eigenvalue weighted by atomic mass is 10.2. The second kappa shape index (κ2) is 7.35. The number of rotatable bonds is 7. The Morgan fingerprint density at radius 1 is 1.40 bits per heavy atom. The van der Waals surface area contributed by atoms with Crippen LogP contribution in [0.2, 0.25) is 0 Å². The van der Waals surface area contributed by atoms with Gasteiger partial charge in [0.1, 0.15) is 0 Å². The number of anilines is 1. The van der Waals surface area contributed by atoms with Crippen LogP contribution in [0.25, 0.3) is 0 Å². The van der Waals surface area contributed by atoms with E-state index in [4.69, 9.17) is 5.73 Å². The van der Waals surface area contributed by atoms with E-state index in [0.717, 1.165) is 22.8 Å². The highest BCUT2D eigenvalue weighted by Gasteiger charge is 1.98. The number of pyridine rings is 1. The molecule has 1 heterocycles. The third-order valence-electron chi connectivity index (χ3n) is 2.12. The van der Waals surface area contributed by atoms with Crippen molar-refractivity contribution in [3.05, 3.63) is 31.1 Å². The van der Waals surface area contributed by atoms with Gasteiger partial charge in [0.2, 0.25) is 0 Å². The summed E-state index contributed by atoms with van der Waals surface area (Å²) < 4.78 is 0. The molecule has 0 aliphatic rings. The van der Waals surface area contributed by atoms with E-state index < -0.39 is 0 Å². The molecule has 0 saturated heterocycles. The molecule has 0 bridgehead atoms. The average molecular weight is 222 g/mol. The van der Waals surface area contributed by atoms with Gasteiger partial charge < -0.3 is 5.73 Å². The normalized spacial score (nSPS) is 10.1. The van der Waals surface area contributed by atoms with Gasteiger partial charge in [0.15, 0.2) is 0 Å².